The third-order valence-corrected chi connectivity index (χ3v) is 3.28. The van der Waals surface area contributed by atoms with E-state index >= 15 is 0 Å². The molecule has 1 aromatic carbocycles. The van der Waals surface area contributed by atoms with Crippen LogP contribution in [0.15, 0.2) is 47.4 Å². The molecule has 3 N–H and O–H groups in total. The molecule has 2 aromatic heterocycles. The van der Waals surface area contributed by atoms with Gasteiger partial charge in [-0.2, -0.15) is 4.98 Å². The van der Waals surface area contributed by atoms with Gasteiger partial charge in [-0.1, -0.05) is 18.2 Å². The number of anilines is 1. The summed E-state index contributed by atoms with van der Waals surface area (Å²) in [6, 6.07) is 10.6. The van der Waals surface area contributed by atoms with Crippen LogP contribution in [0.2, 0.25) is 0 Å². The number of ether oxygens (including phenoxy) is 2. The number of pyridine rings is 1. The zero-order chi connectivity index (χ0) is 18.4. The lowest BCUT2D eigenvalue weighted by Crippen LogP contribution is -2.22. The minimum absolute atomic E-state index is 0.0673. The molecule has 3 aromatic rings. The van der Waals surface area contributed by atoms with E-state index in [4.69, 9.17) is 9.47 Å². The van der Waals surface area contributed by atoms with E-state index in [1.165, 1.54) is 12.3 Å². The molecule has 0 unspecified atom stereocenters. The van der Waals surface area contributed by atoms with Gasteiger partial charge >= 0.3 is 0 Å². The van der Waals surface area contributed by atoms with Crippen molar-refractivity contribution in [2.24, 2.45) is 0 Å². The Labute approximate surface area is 148 Å². The number of benzene rings is 1. The van der Waals surface area contributed by atoms with Crippen LogP contribution < -0.4 is 20.2 Å². The summed E-state index contributed by atoms with van der Waals surface area (Å²) < 4.78 is 10.7. The van der Waals surface area contributed by atoms with E-state index in [1.54, 1.807) is 6.92 Å². The summed E-state index contributed by atoms with van der Waals surface area (Å²) in [5.74, 6) is 0.839. The molecule has 0 saturated carbocycles. The van der Waals surface area contributed by atoms with Gasteiger partial charge in [0.05, 0.1) is 0 Å². The number of hydrogen-bond donors (Lipinski definition) is 3. The lowest BCUT2D eigenvalue weighted by molar-refractivity contribution is -0.118. The van der Waals surface area contributed by atoms with Crippen molar-refractivity contribution in [1.29, 1.82) is 0 Å². The highest BCUT2D eigenvalue weighted by Crippen LogP contribution is 2.10. The fourth-order valence-corrected chi connectivity index (χ4v) is 2.06. The van der Waals surface area contributed by atoms with E-state index in [0.717, 1.165) is 0 Å². The Morgan fingerprint density at radius 1 is 1.23 bits per heavy atom. The Hall–Kier alpha value is -3.62. The summed E-state index contributed by atoms with van der Waals surface area (Å²) in [4.78, 5) is 30.5. The molecule has 0 aliphatic carbocycles. The molecule has 9 nitrogen and oxygen atoms in total. The summed E-state index contributed by atoms with van der Waals surface area (Å²) in [6.45, 7) is 1.60. The zero-order valence-corrected chi connectivity index (χ0v) is 14.0. The average Bonchev–Trinajstić information content (AvgIpc) is 3.07. The van der Waals surface area contributed by atoms with Gasteiger partial charge in [0.15, 0.2) is 18.2 Å². The fourth-order valence-electron chi connectivity index (χ4n) is 2.06. The van der Waals surface area contributed by atoms with E-state index in [2.05, 4.69) is 25.5 Å². The minimum atomic E-state index is -0.487. The summed E-state index contributed by atoms with van der Waals surface area (Å²) in [6.07, 6.45) is 1.41. The van der Waals surface area contributed by atoms with Gasteiger partial charge in [-0.15, -0.1) is 5.10 Å². The van der Waals surface area contributed by atoms with Crippen molar-refractivity contribution in [3.05, 3.63) is 64.3 Å². The summed E-state index contributed by atoms with van der Waals surface area (Å²) >= 11 is 0. The first kappa shape index (κ1) is 17.2. The number of amides is 1. The average molecular weight is 355 g/mol. The number of nitrogens with one attached hydrogen (secondary N) is 3. The van der Waals surface area contributed by atoms with Gasteiger partial charge in [0.1, 0.15) is 12.4 Å². The standard InChI is InChI=1S/C17H17N5O4/c1-11-7-13(23)14(8-18-11)26-10-16(24)20-17-19-15(21-22-17)9-25-12-5-3-2-4-6-12/h2-8H,9-10H2,1H3,(H,18,23)(H2,19,20,21,22,24). The van der Waals surface area contributed by atoms with Gasteiger partial charge in [0, 0.05) is 18.0 Å². The lowest BCUT2D eigenvalue weighted by Gasteiger charge is -2.05. The van der Waals surface area contributed by atoms with Crippen LogP contribution in [0.3, 0.4) is 0 Å². The summed E-state index contributed by atoms with van der Waals surface area (Å²) in [5.41, 5.74) is 0.407. The molecule has 3 rings (SSSR count). The Bertz CT molecular complexity index is 936. The first-order chi connectivity index (χ1) is 12.6. The van der Waals surface area contributed by atoms with Crippen molar-refractivity contribution in [1.82, 2.24) is 20.2 Å². The highest BCUT2D eigenvalue weighted by atomic mass is 16.5. The van der Waals surface area contributed by atoms with Gasteiger partial charge < -0.3 is 14.5 Å². The second-order valence-corrected chi connectivity index (χ2v) is 5.39. The number of para-hydroxylation sites is 1. The molecule has 0 aliphatic rings. The molecule has 0 saturated heterocycles. The van der Waals surface area contributed by atoms with Crippen LogP contribution in [-0.4, -0.2) is 32.7 Å². The Morgan fingerprint density at radius 2 is 2.04 bits per heavy atom. The number of aryl methyl sites for hydroxylation is 1. The molecule has 0 spiro atoms. The number of aromatic nitrogens is 4. The number of carbonyl (C=O) groups excluding carboxylic acids is 1. The molecular formula is C17H17N5O4. The van der Waals surface area contributed by atoms with Crippen molar-refractivity contribution in [3.8, 4) is 11.5 Å². The predicted molar refractivity (Wildman–Crippen MR) is 93.1 cm³/mol. The molecule has 0 aliphatic heterocycles. The number of aromatic amines is 2. The Balaban J connectivity index is 1.48. The second-order valence-electron chi connectivity index (χ2n) is 5.39. The van der Waals surface area contributed by atoms with Gasteiger partial charge in [-0.3, -0.25) is 20.0 Å². The number of hydrogen-bond acceptors (Lipinski definition) is 6. The molecule has 0 atom stereocenters. The van der Waals surface area contributed by atoms with E-state index in [-0.39, 0.29) is 30.3 Å². The van der Waals surface area contributed by atoms with Crippen molar-refractivity contribution >= 4 is 11.9 Å². The maximum absolute atomic E-state index is 11.9. The topological polar surface area (TPSA) is 122 Å². The molecule has 0 radical (unpaired) electrons. The maximum atomic E-state index is 11.9. The van der Waals surface area contributed by atoms with Crippen LogP contribution >= 0.6 is 0 Å². The number of rotatable bonds is 7. The number of H-pyrrole nitrogens is 2. The van der Waals surface area contributed by atoms with E-state index in [1.807, 2.05) is 30.3 Å². The number of nitrogens with zero attached hydrogens (tertiary/aromatic N) is 2. The molecule has 0 bridgehead atoms. The smallest absolute Gasteiger partial charge is 0.264 e. The summed E-state index contributed by atoms with van der Waals surface area (Å²) in [7, 11) is 0. The molecule has 26 heavy (non-hydrogen) atoms. The van der Waals surface area contributed by atoms with Crippen molar-refractivity contribution < 1.29 is 14.3 Å². The third-order valence-electron chi connectivity index (χ3n) is 3.28. The van der Waals surface area contributed by atoms with Crippen LogP contribution in [0, 0.1) is 6.92 Å². The first-order valence-electron chi connectivity index (χ1n) is 7.81. The van der Waals surface area contributed by atoms with Crippen molar-refractivity contribution in [2.45, 2.75) is 13.5 Å². The van der Waals surface area contributed by atoms with E-state index < -0.39 is 5.91 Å². The third kappa shape index (κ3) is 4.69. The van der Waals surface area contributed by atoms with Crippen LogP contribution in [0.4, 0.5) is 5.95 Å². The fraction of sp³-hybridized carbons (Fsp3) is 0.176. The van der Waals surface area contributed by atoms with Crippen LogP contribution in [0.5, 0.6) is 11.5 Å². The Morgan fingerprint density at radius 3 is 2.81 bits per heavy atom. The van der Waals surface area contributed by atoms with Crippen LogP contribution in [0.25, 0.3) is 0 Å². The van der Waals surface area contributed by atoms with Crippen LogP contribution in [0.1, 0.15) is 11.5 Å². The molecular weight excluding hydrogens is 338 g/mol. The van der Waals surface area contributed by atoms with Gasteiger partial charge in [-0.05, 0) is 19.1 Å². The molecule has 0 fully saturated rings. The lowest BCUT2D eigenvalue weighted by atomic mass is 10.3. The second kappa shape index (κ2) is 7.97. The monoisotopic (exact) mass is 355 g/mol. The molecule has 9 heteroatoms. The summed E-state index contributed by atoms with van der Waals surface area (Å²) in [5, 5.41) is 9.03. The predicted octanol–water partition coefficient (Wildman–Crippen LogP) is 1.40. The molecule has 2 heterocycles. The van der Waals surface area contributed by atoms with Gasteiger partial charge in [0.2, 0.25) is 11.4 Å². The highest BCUT2D eigenvalue weighted by molar-refractivity contribution is 5.90. The van der Waals surface area contributed by atoms with Crippen molar-refractivity contribution in [2.75, 3.05) is 11.9 Å². The normalized spacial score (nSPS) is 10.3. The molecule has 134 valence electrons. The quantitative estimate of drug-likeness (QED) is 0.589. The van der Waals surface area contributed by atoms with Crippen LogP contribution in [-0.2, 0) is 11.4 Å². The molecule has 1 amide bonds. The van der Waals surface area contributed by atoms with Gasteiger partial charge in [0.25, 0.3) is 5.91 Å². The largest absolute Gasteiger partial charge is 0.486 e. The Kier molecular flexibility index (Phi) is 5.28. The number of carbonyl (C=O) groups is 1. The highest BCUT2D eigenvalue weighted by Gasteiger charge is 2.10. The van der Waals surface area contributed by atoms with E-state index in [9.17, 15) is 9.59 Å². The van der Waals surface area contributed by atoms with Crippen molar-refractivity contribution in [3.63, 3.8) is 0 Å². The maximum Gasteiger partial charge on any atom is 0.264 e. The van der Waals surface area contributed by atoms with Gasteiger partial charge in [-0.25, -0.2) is 0 Å². The minimum Gasteiger partial charge on any atom is -0.486 e. The zero-order valence-electron chi connectivity index (χ0n) is 14.0. The SMILES string of the molecule is Cc1cc(=O)c(OCC(=O)Nc2n[nH]c(COc3ccccc3)n2)c[nH]1. The van der Waals surface area contributed by atoms with E-state index in [0.29, 0.717) is 17.3 Å². The first-order valence-corrected chi connectivity index (χ1v) is 7.81.